The molecule has 1 amide bonds. The molecule has 3 aromatic rings. The van der Waals surface area contributed by atoms with Gasteiger partial charge in [0.1, 0.15) is 18.1 Å². The molecule has 0 radical (unpaired) electrons. The Morgan fingerprint density at radius 2 is 2.08 bits per heavy atom. The Morgan fingerprint density at radius 1 is 1.24 bits per heavy atom. The Kier molecular flexibility index (Phi) is 4.28. The first-order valence-electron chi connectivity index (χ1n) is 8.33. The number of ether oxygens (including phenoxy) is 1. The van der Waals surface area contributed by atoms with E-state index in [1.165, 1.54) is 6.33 Å². The highest BCUT2D eigenvalue weighted by atomic mass is 16.5. The molecule has 25 heavy (non-hydrogen) atoms. The predicted molar refractivity (Wildman–Crippen MR) is 90.0 cm³/mol. The Bertz CT molecular complexity index is 857. The molecule has 0 unspecified atom stereocenters. The molecule has 1 fully saturated rings. The first-order chi connectivity index (χ1) is 12.3. The molecule has 4 rings (SSSR count). The molecule has 0 aliphatic carbocycles. The monoisotopic (exact) mass is 338 g/mol. The quantitative estimate of drug-likeness (QED) is 0.725. The summed E-state index contributed by atoms with van der Waals surface area (Å²) in [5.74, 6) is 0.647. The molecular weight excluding hydrogens is 320 g/mol. The summed E-state index contributed by atoms with van der Waals surface area (Å²) in [5, 5.41) is 4.94. The molecule has 0 saturated carbocycles. The fraction of sp³-hybridized carbons (Fsp3) is 0.333. The Hall–Kier alpha value is -2.96. The van der Waals surface area contributed by atoms with Crippen molar-refractivity contribution < 1.29 is 14.1 Å². The van der Waals surface area contributed by atoms with Gasteiger partial charge in [-0.1, -0.05) is 17.3 Å². The molecule has 1 aromatic carbocycles. The number of piperidine rings is 1. The van der Waals surface area contributed by atoms with Gasteiger partial charge < -0.3 is 14.2 Å². The van der Waals surface area contributed by atoms with Gasteiger partial charge in [0.15, 0.2) is 5.58 Å². The van der Waals surface area contributed by atoms with E-state index in [1.54, 1.807) is 12.3 Å². The van der Waals surface area contributed by atoms with Gasteiger partial charge in [-0.3, -0.25) is 4.79 Å². The van der Waals surface area contributed by atoms with Crippen LogP contribution in [0.15, 0.2) is 47.4 Å². The van der Waals surface area contributed by atoms with E-state index in [2.05, 4.69) is 15.1 Å². The fourth-order valence-corrected chi connectivity index (χ4v) is 3.06. The van der Waals surface area contributed by atoms with Crippen LogP contribution in [0, 0.1) is 0 Å². The smallest absolute Gasteiger partial charge is 0.228 e. The first kappa shape index (κ1) is 15.6. The van der Waals surface area contributed by atoms with Crippen LogP contribution in [0.2, 0.25) is 0 Å². The Balaban J connectivity index is 1.33. The van der Waals surface area contributed by atoms with Crippen LogP contribution >= 0.6 is 0 Å². The van der Waals surface area contributed by atoms with E-state index in [0.29, 0.717) is 30.2 Å². The van der Waals surface area contributed by atoms with E-state index in [0.717, 1.165) is 18.2 Å². The second-order valence-electron chi connectivity index (χ2n) is 6.05. The number of rotatable bonds is 4. The molecule has 0 atom stereocenters. The normalized spacial score (nSPS) is 15.4. The number of aromatic nitrogens is 3. The molecule has 1 aliphatic heterocycles. The van der Waals surface area contributed by atoms with Gasteiger partial charge in [-0.25, -0.2) is 9.97 Å². The van der Waals surface area contributed by atoms with Crippen molar-refractivity contribution >= 4 is 16.9 Å². The van der Waals surface area contributed by atoms with E-state index in [4.69, 9.17) is 9.26 Å². The lowest BCUT2D eigenvalue weighted by molar-refractivity contribution is -0.132. The summed E-state index contributed by atoms with van der Waals surface area (Å²) in [7, 11) is 0. The molecule has 128 valence electrons. The zero-order valence-electron chi connectivity index (χ0n) is 13.7. The van der Waals surface area contributed by atoms with Gasteiger partial charge in [-0.15, -0.1) is 0 Å². The van der Waals surface area contributed by atoms with Crippen LogP contribution in [0.3, 0.4) is 0 Å². The molecule has 0 bridgehead atoms. The standard InChI is InChI=1S/C18H18N4O3/c23-18(11-15-14-3-1-2-4-16(14)25-21-15)22-9-6-13(7-10-22)24-17-5-8-19-12-20-17/h1-5,8,12-13H,6-7,9-11H2. The zero-order valence-corrected chi connectivity index (χ0v) is 13.7. The number of fused-ring (bicyclic) bond motifs is 1. The Morgan fingerprint density at radius 3 is 2.88 bits per heavy atom. The van der Waals surface area contributed by atoms with Crippen molar-refractivity contribution in [3.05, 3.63) is 48.5 Å². The van der Waals surface area contributed by atoms with Crippen LogP contribution < -0.4 is 4.74 Å². The average molecular weight is 338 g/mol. The van der Waals surface area contributed by atoms with Gasteiger partial charge in [0, 0.05) is 43.6 Å². The van der Waals surface area contributed by atoms with Crippen molar-refractivity contribution in [2.24, 2.45) is 0 Å². The molecule has 1 saturated heterocycles. The van der Waals surface area contributed by atoms with Crippen molar-refractivity contribution in [1.82, 2.24) is 20.0 Å². The van der Waals surface area contributed by atoms with Gasteiger partial charge in [0.2, 0.25) is 11.8 Å². The lowest BCUT2D eigenvalue weighted by Gasteiger charge is -2.31. The zero-order chi connectivity index (χ0) is 17.1. The number of amides is 1. The second-order valence-corrected chi connectivity index (χ2v) is 6.05. The summed E-state index contributed by atoms with van der Waals surface area (Å²) in [4.78, 5) is 22.4. The average Bonchev–Trinajstić information content (AvgIpc) is 3.06. The number of carbonyl (C=O) groups is 1. The number of nitrogens with zero attached hydrogens (tertiary/aromatic N) is 4. The molecule has 7 heteroatoms. The van der Waals surface area contributed by atoms with Crippen LogP contribution in [-0.2, 0) is 11.2 Å². The molecule has 2 aromatic heterocycles. The molecular formula is C18H18N4O3. The molecule has 3 heterocycles. The van der Waals surface area contributed by atoms with E-state index in [-0.39, 0.29) is 18.4 Å². The summed E-state index contributed by atoms with van der Waals surface area (Å²) in [6, 6.07) is 9.33. The largest absolute Gasteiger partial charge is 0.474 e. The molecule has 1 aliphatic rings. The molecule has 0 N–H and O–H groups in total. The van der Waals surface area contributed by atoms with Crippen molar-refractivity contribution in [2.45, 2.75) is 25.4 Å². The highest BCUT2D eigenvalue weighted by molar-refractivity contribution is 5.86. The van der Waals surface area contributed by atoms with Crippen molar-refractivity contribution in [3.63, 3.8) is 0 Å². The SMILES string of the molecule is O=C(Cc1noc2ccccc12)N1CCC(Oc2ccncn2)CC1. The maximum Gasteiger partial charge on any atom is 0.228 e. The third kappa shape index (κ3) is 3.45. The van der Waals surface area contributed by atoms with Crippen LogP contribution in [0.4, 0.5) is 0 Å². The van der Waals surface area contributed by atoms with Crippen molar-refractivity contribution in [1.29, 1.82) is 0 Å². The summed E-state index contributed by atoms with van der Waals surface area (Å²) in [6.45, 7) is 1.34. The Labute approximate surface area is 144 Å². The van der Waals surface area contributed by atoms with E-state index < -0.39 is 0 Å². The van der Waals surface area contributed by atoms with Crippen LogP contribution in [-0.4, -0.2) is 45.1 Å². The van der Waals surface area contributed by atoms with E-state index in [1.807, 2.05) is 29.2 Å². The number of likely N-dealkylation sites (tertiary alicyclic amines) is 1. The van der Waals surface area contributed by atoms with Gasteiger partial charge in [-0.05, 0) is 12.1 Å². The lowest BCUT2D eigenvalue weighted by Crippen LogP contribution is -2.42. The number of carbonyl (C=O) groups excluding carboxylic acids is 1. The van der Waals surface area contributed by atoms with Gasteiger partial charge in [0.25, 0.3) is 0 Å². The minimum absolute atomic E-state index is 0.0690. The first-order valence-corrected chi connectivity index (χ1v) is 8.33. The molecule has 0 spiro atoms. The summed E-state index contributed by atoms with van der Waals surface area (Å²) in [5.41, 5.74) is 1.40. The highest BCUT2D eigenvalue weighted by Crippen LogP contribution is 2.21. The number of hydrogen-bond acceptors (Lipinski definition) is 6. The number of hydrogen-bond donors (Lipinski definition) is 0. The minimum atomic E-state index is 0.0690. The van der Waals surface area contributed by atoms with Crippen LogP contribution in [0.5, 0.6) is 5.88 Å². The fourth-order valence-electron chi connectivity index (χ4n) is 3.06. The minimum Gasteiger partial charge on any atom is -0.474 e. The molecule has 7 nitrogen and oxygen atoms in total. The summed E-state index contributed by atoms with van der Waals surface area (Å²) in [6.07, 6.45) is 5.03. The van der Waals surface area contributed by atoms with Crippen LogP contribution in [0.25, 0.3) is 11.0 Å². The maximum atomic E-state index is 12.6. The van der Waals surface area contributed by atoms with Crippen molar-refractivity contribution in [2.75, 3.05) is 13.1 Å². The number of para-hydroxylation sites is 1. The van der Waals surface area contributed by atoms with Gasteiger partial charge >= 0.3 is 0 Å². The van der Waals surface area contributed by atoms with Gasteiger partial charge in [0.05, 0.1) is 6.42 Å². The van der Waals surface area contributed by atoms with Crippen molar-refractivity contribution in [3.8, 4) is 5.88 Å². The maximum absolute atomic E-state index is 12.6. The predicted octanol–water partition coefficient (Wildman–Crippen LogP) is 2.23. The summed E-state index contributed by atoms with van der Waals surface area (Å²) >= 11 is 0. The second kappa shape index (κ2) is 6.88. The highest BCUT2D eigenvalue weighted by Gasteiger charge is 2.25. The third-order valence-electron chi connectivity index (χ3n) is 4.41. The van der Waals surface area contributed by atoms with E-state index >= 15 is 0 Å². The van der Waals surface area contributed by atoms with Gasteiger partial charge in [-0.2, -0.15) is 0 Å². The van der Waals surface area contributed by atoms with Crippen LogP contribution in [0.1, 0.15) is 18.5 Å². The van der Waals surface area contributed by atoms with E-state index in [9.17, 15) is 4.79 Å². The summed E-state index contributed by atoms with van der Waals surface area (Å²) < 4.78 is 11.1. The number of benzene rings is 1. The third-order valence-corrected chi connectivity index (χ3v) is 4.41. The lowest BCUT2D eigenvalue weighted by atomic mass is 10.1. The topological polar surface area (TPSA) is 81.4 Å².